The van der Waals surface area contributed by atoms with Crippen molar-refractivity contribution in [3.8, 4) is 0 Å². The van der Waals surface area contributed by atoms with Gasteiger partial charge in [-0.3, -0.25) is 0 Å². The van der Waals surface area contributed by atoms with Crippen molar-refractivity contribution in [2.45, 2.75) is 19.3 Å². The predicted molar refractivity (Wildman–Crippen MR) is 47.4 cm³/mol. The summed E-state index contributed by atoms with van der Waals surface area (Å²) in [7, 11) is 0. The van der Waals surface area contributed by atoms with Crippen molar-refractivity contribution in [3.05, 3.63) is 18.1 Å². The zero-order valence-electron chi connectivity index (χ0n) is 8.80. The van der Waals surface area contributed by atoms with Crippen LogP contribution in [0.2, 0.25) is 0 Å². The monoisotopic (exact) mass is 205 g/mol. The number of anilines is 1. The fourth-order valence-corrected chi connectivity index (χ4v) is 1.50. The van der Waals surface area contributed by atoms with Crippen molar-refractivity contribution in [3.63, 3.8) is 0 Å². The number of nitrogens with zero attached hydrogens (tertiary/aromatic N) is 3. The van der Waals surface area contributed by atoms with Gasteiger partial charge in [0.15, 0.2) is 0 Å². The van der Waals surface area contributed by atoms with Gasteiger partial charge in [0.25, 0.3) is 5.92 Å². The van der Waals surface area contributed by atoms with E-state index in [1.807, 2.05) is 0 Å². The summed E-state index contributed by atoms with van der Waals surface area (Å²) in [6, 6.07) is 1.54. The van der Waals surface area contributed by atoms with Gasteiger partial charge in [0.2, 0.25) is 0 Å². The molecule has 1 saturated heterocycles. The minimum atomic E-state index is -2.58. The standard InChI is InChI=1S/C9H10F2N3.Li/c1-7-12-4-2-8(13-7)14-5-3-9(10,11)6-14;/h2H,3,5-6H2,1H3;/q-1;+1. The van der Waals surface area contributed by atoms with E-state index < -0.39 is 5.92 Å². The first-order valence-electron chi connectivity index (χ1n) is 4.41. The topological polar surface area (TPSA) is 29.0 Å². The predicted octanol–water partition coefficient (Wildman–Crippen LogP) is -1.57. The smallest absolute Gasteiger partial charge is 0.403 e. The molecule has 0 bridgehead atoms. The first kappa shape index (κ1) is 12.4. The van der Waals surface area contributed by atoms with Crippen LogP contribution < -0.4 is 23.8 Å². The average molecular weight is 205 g/mol. The van der Waals surface area contributed by atoms with E-state index in [0.717, 1.165) is 0 Å². The van der Waals surface area contributed by atoms with E-state index in [1.165, 1.54) is 6.07 Å². The zero-order chi connectivity index (χ0) is 10.2. The van der Waals surface area contributed by atoms with Crippen LogP contribution in [0.15, 0.2) is 6.07 Å². The van der Waals surface area contributed by atoms with Crippen LogP contribution in [-0.4, -0.2) is 29.0 Å². The van der Waals surface area contributed by atoms with Crippen LogP contribution in [0.3, 0.4) is 0 Å². The Kier molecular flexibility index (Phi) is 3.69. The van der Waals surface area contributed by atoms with E-state index in [2.05, 4.69) is 16.2 Å². The van der Waals surface area contributed by atoms with Gasteiger partial charge in [-0.1, -0.05) is 13.1 Å². The largest absolute Gasteiger partial charge is 1.00 e. The maximum atomic E-state index is 12.9. The van der Waals surface area contributed by atoms with Crippen molar-refractivity contribution in [2.75, 3.05) is 18.0 Å². The molecule has 15 heavy (non-hydrogen) atoms. The Morgan fingerprint density at radius 2 is 2.27 bits per heavy atom. The average Bonchev–Trinajstić information content (AvgIpc) is 2.46. The number of rotatable bonds is 1. The third-order valence-corrected chi connectivity index (χ3v) is 2.19. The molecule has 1 fully saturated rings. The van der Waals surface area contributed by atoms with E-state index in [0.29, 0.717) is 18.2 Å². The molecule has 0 radical (unpaired) electrons. The number of aromatic nitrogens is 2. The molecule has 0 atom stereocenters. The van der Waals surface area contributed by atoms with E-state index in [9.17, 15) is 8.78 Å². The molecule has 1 aromatic rings. The molecular weight excluding hydrogens is 195 g/mol. The van der Waals surface area contributed by atoms with E-state index in [-0.39, 0.29) is 31.8 Å². The number of aryl methyl sites for hydroxylation is 1. The van der Waals surface area contributed by atoms with Crippen molar-refractivity contribution >= 4 is 5.82 Å². The van der Waals surface area contributed by atoms with Crippen LogP contribution >= 0.6 is 0 Å². The quantitative estimate of drug-likeness (QED) is 0.410. The van der Waals surface area contributed by atoms with Crippen molar-refractivity contribution in [1.29, 1.82) is 0 Å². The summed E-state index contributed by atoms with van der Waals surface area (Å²) < 4.78 is 25.8. The summed E-state index contributed by atoms with van der Waals surface area (Å²) in [5.41, 5.74) is 0. The molecule has 0 amide bonds. The third-order valence-electron chi connectivity index (χ3n) is 2.19. The van der Waals surface area contributed by atoms with E-state index in [4.69, 9.17) is 0 Å². The molecule has 0 saturated carbocycles. The second-order valence-electron chi connectivity index (χ2n) is 3.43. The normalized spacial score (nSPS) is 18.7. The Hall–Kier alpha value is -0.663. The number of hydrogen-bond acceptors (Lipinski definition) is 3. The van der Waals surface area contributed by atoms with Crippen LogP contribution in [0, 0.1) is 13.1 Å². The summed E-state index contributed by atoms with van der Waals surface area (Å²) >= 11 is 0. The molecule has 1 aliphatic heterocycles. The van der Waals surface area contributed by atoms with Crippen LogP contribution in [0.5, 0.6) is 0 Å². The molecule has 0 unspecified atom stereocenters. The van der Waals surface area contributed by atoms with Gasteiger partial charge in [-0.15, -0.1) is 6.07 Å². The molecule has 0 aromatic carbocycles. The number of halogens is 2. The maximum Gasteiger partial charge on any atom is 1.00 e. The van der Waals surface area contributed by atoms with Crippen LogP contribution in [0.1, 0.15) is 12.2 Å². The SMILES string of the molecule is Cc1n[c-]cc(N2CCC(F)(F)C2)n1.[Li+]. The summed E-state index contributed by atoms with van der Waals surface area (Å²) in [6.45, 7) is 1.81. The minimum Gasteiger partial charge on any atom is -0.403 e. The first-order chi connectivity index (χ1) is 6.57. The molecular formula is C9H10F2LiN3. The molecule has 6 heteroatoms. The van der Waals surface area contributed by atoms with Gasteiger partial charge in [0, 0.05) is 24.6 Å². The summed E-state index contributed by atoms with van der Waals surface area (Å²) in [5.74, 6) is -1.49. The molecule has 76 valence electrons. The van der Waals surface area contributed by atoms with Crippen molar-refractivity contribution < 1.29 is 27.6 Å². The van der Waals surface area contributed by atoms with Crippen molar-refractivity contribution in [2.24, 2.45) is 0 Å². The Morgan fingerprint density at radius 1 is 1.53 bits per heavy atom. The maximum absolute atomic E-state index is 12.9. The van der Waals surface area contributed by atoms with Gasteiger partial charge in [0.05, 0.1) is 6.54 Å². The number of alkyl halides is 2. The van der Waals surface area contributed by atoms with E-state index in [1.54, 1.807) is 11.8 Å². The van der Waals surface area contributed by atoms with E-state index >= 15 is 0 Å². The molecule has 2 heterocycles. The second kappa shape index (κ2) is 4.46. The van der Waals surface area contributed by atoms with Gasteiger partial charge in [-0.25, -0.2) is 8.78 Å². The van der Waals surface area contributed by atoms with Crippen LogP contribution in [0.25, 0.3) is 0 Å². The Morgan fingerprint density at radius 3 is 2.80 bits per heavy atom. The van der Waals surface area contributed by atoms with Gasteiger partial charge < -0.3 is 14.9 Å². The van der Waals surface area contributed by atoms with Gasteiger partial charge >= 0.3 is 18.9 Å². The second-order valence-corrected chi connectivity index (χ2v) is 3.43. The fraction of sp³-hybridized carbons (Fsp3) is 0.556. The molecule has 3 nitrogen and oxygen atoms in total. The Balaban J connectivity index is 0.00000112. The number of hydrogen-bond donors (Lipinski definition) is 0. The molecule has 1 aromatic heterocycles. The molecule has 0 spiro atoms. The van der Waals surface area contributed by atoms with Gasteiger partial charge in [-0.05, 0) is 0 Å². The Bertz CT molecular complexity index is 346. The fourth-order valence-electron chi connectivity index (χ4n) is 1.50. The van der Waals surface area contributed by atoms with Gasteiger partial charge in [0.1, 0.15) is 0 Å². The molecule has 1 aliphatic rings. The first-order valence-corrected chi connectivity index (χ1v) is 4.41. The molecule has 2 rings (SSSR count). The summed E-state index contributed by atoms with van der Waals surface area (Å²) in [5, 5.41) is 0. The third kappa shape index (κ3) is 2.89. The van der Waals surface area contributed by atoms with Crippen LogP contribution in [-0.2, 0) is 0 Å². The zero-order valence-corrected chi connectivity index (χ0v) is 8.80. The molecule has 0 N–H and O–H groups in total. The van der Waals surface area contributed by atoms with Crippen LogP contribution in [0.4, 0.5) is 14.6 Å². The van der Waals surface area contributed by atoms with Gasteiger partial charge in [-0.2, -0.15) is 0 Å². The minimum absolute atomic E-state index is 0. The Labute approximate surface area is 99.1 Å². The molecule has 0 aliphatic carbocycles. The van der Waals surface area contributed by atoms with Crippen molar-refractivity contribution in [1.82, 2.24) is 9.97 Å². The summed E-state index contributed by atoms with van der Waals surface area (Å²) in [4.78, 5) is 9.43. The summed E-state index contributed by atoms with van der Waals surface area (Å²) in [6.07, 6.45) is 2.53.